The summed E-state index contributed by atoms with van der Waals surface area (Å²) in [5.74, 6) is -0.394. The Hall–Kier alpha value is -4.93. The minimum Gasteiger partial charge on any atom is -0.508 e. The molecule has 2 atom stereocenters. The van der Waals surface area contributed by atoms with Gasteiger partial charge in [0.1, 0.15) is 18.0 Å². The van der Waals surface area contributed by atoms with Gasteiger partial charge in [-0.05, 0) is 53.9 Å². The maximum absolute atomic E-state index is 14.3. The molecule has 3 aromatic carbocycles. The fourth-order valence-electron chi connectivity index (χ4n) is 6.23. The van der Waals surface area contributed by atoms with Crippen LogP contribution in [-0.4, -0.2) is 79.6 Å². The molecular weight excluding hydrogens is 616 g/mol. The average Bonchev–Trinajstić information content (AvgIpc) is 3.04. The quantitative estimate of drug-likeness (QED) is 0.248. The van der Waals surface area contributed by atoms with Gasteiger partial charge in [0.05, 0.1) is 18.6 Å². The molecule has 6 rings (SSSR count). The number of hydrazine groups is 1. The van der Waals surface area contributed by atoms with E-state index in [1.807, 2.05) is 55.5 Å². The molecule has 1 aromatic heterocycles. The highest BCUT2D eigenvalue weighted by molar-refractivity contribution is 6.35. The minimum atomic E-state index is -0.890. The molecule has 0 radical (unpaired) electrons. The molecule has 0 unspecified atom stereocenters. The Labute approximate surface area is 279 Å². The molecule has 0 spiro atoms. The van der Waals surface area contributed by atoms with E-state index in [9.17, 15) is 19.5 Å². The zero-order chi connectivity index (χ0) is 32.4. The van der Waals surface area contributed by atoms with Crippen molar-refractivity contribution in [3.05, 3.63) is 119 Å². The maximum atomic E-state index is 14.3. The number of amides is 4. The molecular formula is C36H39ClN6O4. The van der Waals surface area contributed by atoms with E-state index in [4.69, 9.17) is 11.6 Å². The number of hydrogen-bond acceptors (Lipinski definition) is 6. The van der Waals surface area contributed by atoms with E-state index in [0.29, 0.717) is 17.1 Å². The number of phenolic OH excluding ortho intramolecular Hbond substituents is 1. The van der Waals surface area contributed by atoms with Gasteiger partial charge in [-0.2, -0.15) is 0 Å². The Kier molecular flexibility index (Phi) is 10.1. The van der Waals surface area contributed by atoms with E-state index in [0.717, 1.165) is 27.6 Å². The van der Waals surface area contributed by atoms with Crippen molar-refractivity contribution in [1.29, 1.82) is 0 Å². The molecule has 4 amide bonds. The summed E-state index contributed by atoms with van der Waals surface area (Å²) in [6, 6.07) is 22.2. The zero-order valence-electron chi connectivity index (χ0n) is 25.5. The highest BCUT2D eigenvalue weighted by Gasteiger charge is 2.51. The highest BCUT2D eigenvalue weighted by atomic mass is 35.5. The summed E-state index contributed by atoms with van der Waals surface area (Å²) in [6.07, 6.45) is 1.10. The summed E-state index contributed by atoms with van der Waals surface area (Å²) < 4.78 is 0. The van der Waals surface area contributed by atoms with Gasteiger partial charge in [0.25, 0.3) is 0 Å². The highest BCUT2D eigenvalue weighted by Crippen LogP contribution is 2.32. The van der Waals surface area contributed by atoms with Crippen LogP contribution in [0.2, 0.25) is 5.02 Å². The van der Waals surface area contributed by atoms with Gasteiger partial charge in [0.15, 0.2) is 0 Å². The molecule has 2 aliphatic heterocycles. The summed E-state index contributed by atoms with van der Waals surface area (Å²) in [5, 5.41) is 17.5. The van der Waals surface area contributed by atoms with Crippen LogP contribution >= 0.6 is 11.6 Å². The lowest BCUT2D eigenvalue weighted by Crippen LogP contribution is -2.76. The maximum Gasteiger partial charge on any atom is 0.334 e. The Morgan fingerprint density at radius 3 is 2.49 bits per heavy atom. The van der Waals surface area contributed by atoms with Gasteiger partial charge in [0.2, 0.25) is 11.8 Å². The average molecular weight is 655 g/mol. The van der Waals surface area contributed by atoms with Crippen LogP contribution < -0.4 is 5.32 Å². The lowest BCUT2D eigenvalue weighted by Gasteiger charge is -2.55. The topological polar surface area (TPSA) is 109 Å². The van der Waals surface area contributed by atoms with Gasteiger partial charge in [-0.15, -0.1) is 0 Å². The van der Waals surface area contributed by atoms with Crippen molar-refractivity contribution in [2.24, 2.45) is 0 Å². The Balaban J connectivity index is 0.00000433. The van der Waals surface area contributed by atoms with Crippen molar-refractivity contribution in [1.82, 2.24) is 30.1 Å². The number of fused-ring (bicyclic) bond motifs is 2. The molecule has 2 N–H and O–H groups in total. The second kappa shape index (κ2) is 14.2. The largest absolute Gasteiger partial charge is 0.508 e. The third-order valence-electron chi connectivity index (χ3n) is 8.30. The SMILES string of the molecule is C.C=C(C)CN1CC(=O)N2[C@@H](Cc3ccc(O)cc3)C(=O)N(Cc3ccc(Cl)c4cccnc34)C[C@@H]2N1C(=O)NCc1ccccc1. The summed E-state index contributed by atoms with van der Waals surface area (Å²) in [7, 11) is 0. The number of halogens is 1. The zero-order valence-corrected chi connectivity index (χ0v) is 26.2. The number of nitrogens with one attached hydrogen (secondary N) is 1. The molecule has 10 nitrogen and oxygen atoms in total. The molecule has 2 saturated heterocycles. The van der Waals surface area contributed by atoms with Gasteiger partial charge in [-0.25, -0.2) is 14.8 Å². The standard InChI is InChI=1S/C35H35ClN6O4.CH4/c1-23(2)19-40-22-32(44)41-30(17-24-10-13-27(43)14-11-24)34(45)39(20-26-12-15-29(36)28-9-6-16-37-33(26)28)21-31(41)42(40)35(46)38-18-25-7-4-3-5-8-25;/h3-16,30-31,43H,1,17-22H2,2H3,(H,38,46);1H4/t30-,31-;/m0./s1. The van der Waals surface area contributed by atoms with E-state index in [1.54, 1.807) is 56.3 Å². The predicted octanol–water partition coefficient (Wildman–Crippen LogP) is 5.36. The van der Waals surface area contributed by atoms with Crippen LogP contribution in [0.15, 0.2) is 97.2 Å². The van der Waals surface area contributed by atoms with Crippen molar-refractivity contribution in [2.75, 3.05) is 19.6 Å². The second-order valence-electron chi connectivity index (χ2n) is 11.8. The lowest BCUT2D eigenvalue weighted by molar-refractivity contribution is -0.189. The van der Waals surface area contributed by atoms with Crippen LogP contribution in [0.25, 0.3) is 10.9 Å². The summed E-state index contributed by atoms with van der Waals surface area (Å²) in [5.41, 5.74) is 3.96. The van der Waals surface area contributed by atoms with Crippen molar-refractivity contribution in [2.45, 2.75) is 46.1 Å². The van der Waals surface area contributed by atoms with Crippen molar-refractivity contribution in [3.63, 3.8) is 0 Å². The van der Waals surface area contributed by atoms with Crippen molar-refractivity contribution in [3.8, 4) is 5.75 Å². The van der Waals surface area contributed by atoms with E-state index >= 15 is 0 Å². The van der Waals surface area contributed by atoms with Gasteiger partial charge in [-0.3, -0.25) is 14.6 Å². The number of carbonyl (C=O) groups excluding carboxylic acids is 3. The number of pyridine rings is 1. The summed E-state index contributed by atoms with van der Waals surface area (Å²) in [6.45, 7) is 6.66. The number of piperazine rings is 1. The molecule has 244 valence electrons. The number of urea groups is 1. The van der Waals surface area contributed by atoms with E-state index in [1.165, 1.54) is 0 Å². The normalized spacial score (nSPS) is 18.1. The molecule has 2 fully saturated rings. The molecule has 3 heterocycles. The van der Waals surface area contributed by atoms with Crippen molar-refractivity contribution < 1.29 is 19.5 Å². The number of carbonyl (C=O) groups is 3. The number of benzene rings is 3. The number of rotatable bonds is 8. The first kappa shape index (κ1) is 33.4. The van der Waals surface area contributed by atoms with Gasteiger partial charge in [-0.1, -0.05) is 79.7 Å². The number of aromatic hydroxyl groups is 1. The van der Waals surface area contributed by atoms with E-state index in [-0.39, 0.29) is 63.6 Å². The Morgan fingerprint density at radius 2 is 1.77 bits per heavy atom. The molecule has 4 aromatic rings. The molecule has 11 heteroatoms. The third-order valence-corrected chi connectivity index (χ3v) is 8.63. The lowest BCUT2D eigenvalue weighted by atomic mass is 9.98. The van der Waals surface area contributed by atoms with Gasteiger partial charge >= 0.3 is 6.03 Å². The smallest absolute Gasteiger partial charge is 0.334 e. The Morgan fingerprint density at radius 1 is 1.02 bits per heavy atom. The fraction of sp³-hybridized carbons (Fsp3) is 0.278. The van der Waals surface area contributed by atoms with Crippen LogP contribution in [-0.2, 0) is 29.1 Å². The molecule has 2 aliphatic rings. The summed E-state index contributed by atoms with van der Waals surface area (Å²) >= 11 is 6.47. The van der Waals surface area contributed by atoms with Gasteiger partial charge < -0.3 is 20.2 Å². The van der Waals surface area contributed by atoms with Crippen LogP contribution in [0.5, 0.6) is 5.75 Å². The monoisotopic (exact) mass is 654 g/mol. The van der Waals surface area contributed by atoms with E-state index in [2.05, 4.69) is 16.9 Å². The van der Waals surface area contributed by atoms with E-state index < -0.39 is 12.2 Å². The molecule has 0 aliphatic carbocycles. The molecule has 0 bridgehead atoms. The number of hydrogen-bond donors (Lipinski definition) is 2. The van der Waals surface area contributed by atoms with Crippen LogP contribution in [0.3, 0.4) is 0 Å². The fourth-order valence-corrected chi connectivity index (χ4v) is 6.44. The third kappa shape index (κ3) is 7.08. The molecule has 0 saturated carbocycles. The van der Waals surface area contributed by atoms with Gasteiger partial charge in [0, 0.05) is 42.7 Å². The molecule has 47 heavy (non-hydrogen) atoms. The van der Waals surface area contributed by atoms with Crippen LogP contribution in [0.4, 0.5) is 4.79 Å². The number of nitrogens with zero attached hydrogens (tertiary/aromatic N) is 5. The number of aromatic nitrogens is 1. The minimum absolute atomic E-state index is 0. The predicted molar refractivity (Wildman–Crippen MR) is 182 cm³/mol. The summed E-state index contributed by atoms with van der Waals surface area (Å²) in [4.78, 5) is 50.1. The van der Waals surface area contributed by atoms with Crippen LogP contribution in [0.1, 0.15) is 31.0 Å². The number of phenols is 1. The first-order chi connectivity index (χ1) is 22.2. The Bertz CT molecular complexity index is 1780. The first-order valence-corrected chi connectivity index (χ1v) is 15.5. The van der Waals surface area contributed by atoms with Crippen molar-refractivity contribution >= 4 is 40.3 Å². The van der Waals surface area contributed by atoms with Crippen LogP contribution in [0, 0.1) is 0 Å². The first-order valence-electron chi connectivity index (χ1n) is 15.1. The second-order valence-corrected chi connectivity index (χ2v) is 12.2.